The average Bonchev–Trinajstić information content (AvgIpc) is 3.87. The molecule has 0 saturated carbocycles. The summed E-state index contributed by atoms with van der Waals surface area (Å²) in [5, 5.41) is 0. The van der Waals surface area contributed by atoms with E-state index in [9.17, 15) is 17.2 Å². The highest BCUT2D eigenvalue weighted by Crippen LogP contribution is 2.31. The molecule has 246 valence electrons. The molecule has 7 rings (SSSR count). The molecule has 49 heavy (non-hydrogen) atoms. The van der Waals surface area contributed by atoms with Crippen molar-refractivity contribution in [1.82, 2.24) is 23.8 Å². The molecule has 7 nitrogen and oxygen atoms in total. The van der Waals surface area contributed by atoms with Gasteiger partial charge in [-0.1, -0.05) is 36.4 Å². The second-order valence-corrected chi connectivity index (χ2v) is 13.5. The lowest BCUT2D eigenvalue weighted by molar-refractivity contribution is 0.248. The maximum atomic E-state index is 15.1. The Morgan fingerprint density at radius 1 is 0.633 bits per heavy atom. The number of benzene rings is 3. The molecular weight excluding hydrogens is 648 g/mol. The molecular formula is C38H30F3N5O2S. The number of H-pyrrole nitrogens is 2. The standard InChI is InChI=1S/C38H30F3N5O2S/c39-33-12-4-1-9-30(33)36-16-26(19-43-36)22-45(23-27-17-37(44-20-27)31-10-2-5-13-34(31)40)24-28-18-38(32-11-3-6-14-35(32)41)46(25-28)49(47,48)29-8-7-15-42-21-29/h1-21,25,43-44H,22-24H2. The first-order valence-corrected chi connectivity index (χ1v) is 16.9. The first-order valence-electron chi connectivity index (χ1n) is 15.4. The van der Waals surface area contributed by atoms with Crippen molar-refractivity contribution in [1.29, 1.82) is 0 Å². The SMILES string of the molecule is O=S(=O)(c1cccnc1)n1cc(CN(Cc2c[nH]c(-c3ccccc3F)c2)Cc2c[nH]c(-c3ccccc3F)c2)cc1-c1ccccc1F. The van der Waals surface area contributed by atoms with Crippen LogP contribution in [0.4, 0.5) is 13.2 Å². The van der Waals surface area contributed by atoms with Gasteiger partial charge in [0.25, 0.3) is 10.0 Å². The molecule has 0 aliphatic rings. The van der Waals surface area contributed by atoms with Crippen LogP contribution >= 0.6 is 0 Å². The molecule has 7 aromatic rings. The van der Waals surface area contributed by atoms with E-state index >= 15 is 4.39 Å². The average molecular weight is 678 g/mol. The van der Waals surface area contributed by atoms with Gasteiger partial charge in [0.1, 0.15) is 22.3 Å². The van der Waals surface area contributed by atoms with E-state index in [1.165, 1.54) is 55.0 Å². The number of aromatic amines is 2. The van der Waals surface area contributed by atoms with Crippen molar-refractivity contribution in [2.45, 2.75) is 24.5 Å². The highest BCUT2D eigenvalue weighted by atomic mass is 32.2. The number of halogens is 3. The van der Waals surface area contributed by atoms with E-state index in [1.54, 1.807) is 67.0 Å². The van der Waals surface area contributed by atoms with Gasteiger partial charge in [0.05, 0.1) is 5.69 Å². The van der Waals surface area contributed by atoms with Gasteiger partial charge in [-0.3, -0.25) is 9.88 Å². The summed E-state index contributed by atoms with van der Waals surface area (Å²) in [6.07, 6.45) is 7.84. The van der Waals surface area contributed by atoms with E-state index in [4.69, 9.17) is 0 Å². The minimum Gasteiger partial charge on any atom is -0.361 e. The molecule has 0 radical (unpaired) electrons. The van der Waals surface area contributed by atoms with Crippen LogP contribution in [0.3, 0.4) is 0 Å². The first kappa shape index (κ1) is 31.9. The summed E-state index contributed by atoms with van der Waals surface area (Å²) >= 11 is 0. The second kappa shape index (κ2) is 13.5. The van der Waals surface area contributed by atoms with E-state index < -0.39 is 15.8 Å². The molecule has 0 atom stereocenters. The smallest absolute Gasteiger partial charge is 0.269 e. The van der Waals surface area contributed by atoms with Crippen LogP contribution in [0.1, 0.15) is 16.7 Å². The number of rotatable bonds is 11. The van der Waals surface area contributed by atoms with E-state index in [1.807, 2.05) is 12.1 Å². The van der Waals surface area contributed by atoms with Gasteiger partial charge in [0.2, 0.25) is 0 Å². The lowest BCUT2D eigenvalue weighted by atomic mass is 10.1. The predicted octanol–water partition coefficient (Wildman–Crippen LogP) is 8.40. The Kier molecular flexibility index (Phi) is 8.77. The molecule has 4 aromatic heterocycles. The van der Waals surface area contributed by atoms with Crippen LogP contribution in [0.2, 0.25) is 0 Å². The molecule has 0 unspecified atom stereocenters. The van der Waals surface area contributed by atoms with Crippen molar-refractivity contribution < 1.29 is 21.6 Å². The Hall–Kier alpha value is -5.65. The van der Waals surface area contributed by atoms with Gasteiger partial charge in [-0.15, -0.1) is 0 Å². The summed E-state index contributed by atoms with van der Waals surface area (Å²) in [7, 11) is -4.14. The number of nitrogens with one attached hydrogen (secondary N) is 2. The molecule has 0 spiro atoms. The number of hydrogen-bond donors (Lipinski definition) is 2. The van der Waals surface area contributed by atoms with Gasteiger partial charge >= 0.3 is 0 Å². The van der Waals surface area contributed by atoms with Crippen LogP contribution in [0, 0.1) is 17.5 Å². The monoisotopic (exact) mass is 677 g/mol. The van der Waals surface area contributed by atoms with Crippen molar-refractivity contribution in [2.24, 2.45) is 0 Å². The maximum absolute atomic E-state index is 15.1. The molecule has 0 fully saturated rings. The third-order valence-corrected chi connectivity index (χ3v) is 9.87. The van der Waals surface area contributed by atoms with Gasteiger partial charge < -0.3 is 9.97 Å². The lowest BCUT2D eigenvalue weighted by Gasteiger charge is -2.21. The van der Waals surface area contributed by atoms with Gasteiger partial charge in [-0.25, -0.2) is 25.6 Å². The molecule has 4 heterocycles. The molecule has 0 aliphatic heterocycles. The summed E-state index contributed by atoms with van der Waals surface area (Å²) < 4.78 is 73.1. The Balaban J connectivity index is 1.26. The Morgan fingerprint density at radius 3 is 1.65 bits per heavy atom. The van der Waals surface area contributed by atoms with Crippen molar-refractivity contribution >= 4 is 10.0 Å². The quantitative estimate of drug-likeness (QED) is 0.144. The Morgan fingerprint density at radius 2 is 1.14 bits per heavy atom. The van der Waals surface area contributed by atoms with E-state index in [0.29, 0.717) is 41.2 Å². The first-order chi connectivity index (χ1) is 23.8. The number of aromatic nitrogens is 4. The zero-order valence-corrected chi connectivity index (χ0v) is 26.8. The second-order valence-electron chi connectivity index (χ2n) is 11.7. The molecule has 0 bridgehead atoms. The van der Waals surface area contributed by atoms with Crippen LogP contribution in [0.25, 0.3) is 33.8 Å². The van der Waals surface area contributed by atoms with Crippen LogP contribution in [0.15, 0.2) is 139 Å². The fourth-order valence-corrected chi connectivity index (χ4v) is 7.29. The highest BCUT2D eigenvalue weighted by molar-refractivity contribution is 7.90. The van der Waals surface area contributed by atoms with Crippen molar-refractivity contribution in [3.63, 3.8) is 0 Å². The van der Waals surface area contributed by atoms with Crippen LogP contribution in [-0.4, -0.2) is 32.2 Å². The minimum absolute atomic E-state index is 0.0346. The number of pyridine rings is 1. The van der Waals surface area contributed by atoms with E-state index in [0.717, 1.165) is 15.1 Å². The summed E-state index contributed by atoms with van der Waals surface area (Å²) in [5.41, 5.74) is 4.75. The third-order valence-electron chi connectivity index (χ3n) is 8.22. The summed E-state index contributed by atoms with van der Waals surface area (Å²) in [6.45, 7) is 1.04. The van der Waals surface area contributed by atoms with Gasteiger partial charge in [-0.05, 0) is 83.4 Å². The third kappa shape index (κ3) is 6.71. The van der Waals surface area contributed by atoms with Gasteiger partial charge in [0.15, 0.2) is 0 Å². The zero-order chi connectivity index (χ0) is 34.0. The molecule has 11 heteroatoms. The Bertz CT molecular complexity index is 2260. The summed E-state index contributed by atoms with van der Waals surface area (Å²) in [5.74, 6) is -1.26. The largest absolute Gasteiger partial charge is 0.361 e. The van der Waals surface area contributed by atoms with Gasteiger partial charge in [0, 0.05) is 78.7 Å². The molecule has 3 aromatic carbocycles. The van der Waals surface area contributed by atoms with E-state index in [2.05, 4.69) is 19.9 Å². The summed E-state index contributed by atoms with van der Waals surface area (Å²) in [6, 6.07) is 27.4. The fourth-order valence-electron chi connectivity index (χ4n) is 5.93. The topological polar surface area (TPSA) is 86.8 Å². The van der Waals surface area contributed by atoms with Crippen molar-refractivity contribution in [2.75, 3.05) is 0 Å². The Labute approximate surface area is 281 Å². The van der Waals surface area contributed by atoms with Crippen molar-refractivity contribution in [3.8, 4) is 33.8 Å². The molecule has 0 amide bonds. The predicted molar refractivity (Wildman–Crippen MR) is 182 cm³/mol. The van der Waals surface area contributed by atoms with Crippen molar-refractivity contribution in [3.05, 3.63) is 168 Å². The highest BCUT2D eigenvalue weighted by Gasteiger charge is 2.24. The summed E-state index contributed by atoms with van der Waals surface area (Å²) in [4.78, 5) is 12.3. The normalized spacial score (nSPS) is 11.8. The van der Waals surface area contributed by atoms with E-state index in [-0.39, 0.29) is 34.3 Å². The number of nitrogens with zero attached hydrogens (tertiary/aromatic N) is 3. The fraction of sp³-hybridized carbons (Fsp3) is 0.0789. The van der Waals surface area contributed by atoms with Crippen LogP contribution < -0.4 is 0 Å². The molecule has 0 aliphatic carbocycles. The van der Waals surface area contributed by atoms with Crippen LogP contribution in [-0.2, 0) is 29.7 Å². The number of hydrogen-bond acceptors (Lipinski definition) is 4. The van der Waals surface area contributed by atoms with Crippen LogP contribution in [0.5, 0.6) is 0 Å². The zero-order valence-electron chi connectivity index (χ0n) is 26.0. The molecule has 2 N–H and O–H groups in total. The van der Waals surface area contributed by atoms with Gasteiger partial charge in [-0.2, -0.15) is 0 Å². The lowest BCUT2D eigenvalue weighted by Crippen LogP contribution is -2.22. The minimum atomic E-state index is -4.14. The molecule has 0 saturated heterocycles. The maximum Gasteiger partial charge on any atom is 0.269 e.